The van der Waals surface area contributed by atoms with Gasteiger partial charge in [0.15, 0.2) is 0 Å². The number of carbonyl (C=O) groups is 1. The Bertz CT molecular complexity index is 883. The number of rotatable bonds is 7. The summed E-state index contributed by atoms with van der Waals surface area (Å²) in [5, 5.41) is 2.77. The van der Waals surface area contributed by atoms with Gasteiger partial charge in [0.05, 0.1) is 5.75 Å². The number of halogens is 1. The van der Waals surface area contributed by atoms with Crippen LogP contribution < -0.4 is 10.2 Å². The first-order chi connectivity index (χ1) is 13.5. The third-order valence-electron chi connectivity index (χ3n) is 4.58. The van der Waals surface area contributed by atoms with E-state index in [1.165, 1.54) is 4.31 Å². The van der Waals surface area contributed by atoms with E-state index in [1.807, 2.05) is 18.2 Å². The molecule has 1 aromatic heterocycles. The highest BCUT2D eigenvalue weighted by Gasteiger charge is 2.26. The van der Waals surface area contributed by atoms with Crippen LogP contribution in [0.15, 0.2) is 53.1 Å². The molecule has 0 aliphatic carbocycles. The molecule has 3 rings (SSSR count). The average molecular weight is 467 g/mol. The van der Waals surface area contributed by atoms with Crippen LogP contribution in [-0.4, -0.2) is 62.1 Å². The summed E-state index contributed by atoms with van der Waals surface area (Å²) in [6.45, 7) is 2.46. The summed E-state index contributed by atoms with van der Waals surface area (Å²) in [4.78, 5) is 18.5. The predicted molar refractivity (Wildman–Crippen MR) is 113 cm³/mol. The molecular formula is C19H23BrN4O3S. The van der Waals surface area contributed by atoms with Crippen molar-refractivity contribution in [3.63, 3.8) is 0 Å². The molecule has 0 radical (unpaired) electrons. The van der Waals surface area contributed by atoms with Gasteiger partial charge in [-0.25, -0.2) is 13.4 Å². The first-order valence-corrected chi connectivity index (χ1v) is 11.5. The summed E-state index contributed by atoms with van der Waals surface area (Å²) in [5.41, 5.74) is 0.553. The molecule has 0 atom stereocenters. The molecular weight excluding hydrogens is 444 g/mol. The second-order valence-corrected chi connectivity index (χ2v) is 9.51. The number of anilines is 1. The Hall–Kier alpha value is -1.97. The largest absolute Gasteiger partial charge is 0.354 e. The van der Waals surface area contributed by atoms with E-state index in [2.05, 4.69) is 31.1 Å². The molecule has 1 N–H and O–H groups in total. The van der Waals surface area contributed by atoms with E-state index in [0.717, 1.165) is 10.3 Å². The molecule has 0 bridgehead atoms. The molecule has 150 valence electrons. The van der Waals surface area contributed by atoms with Gasteiger partial charge < -0.3 is 10.2 Å². The summed E-state index contributed by atoms with van der Waals surface area (Å²) in [6.07, 6.45) is 2.12. The predicted octanol–water partition coefficient (Wildman–Crippen LogP) is 2.12. The fourth-order valence-corrected chi connectivity index (χ4v) is 4.78. The number of nitrogens with zero attached hydrogens (tertiary/aromatic N) is 3. The number of aromatic nitrogens is 1. The Morgan fingerprint density at radius 3 is 2.43 bits per heavy atom. The van der Waals surface area contributed by atoms with Crippen molar-refractivity contribution < 1.29 is 13.2 Å². The van der Waals surface area contributed by atoms with Gasteiger partial charge in [-0.2, -0.15) is 4.31 Å². The second-order valence-electron chi connectivity index (χ2n) is 6.51. The van der Waals surface area contributed by atoms with Gasteiger partial charge in [0.2, 0.25) is 10.0 Å². The van der Waals surface area contributed by atoms with Gasteiger partial charge >= 0.3 is 0 Å². The van der Waals surface area contributed by atoms with E-state index < -0.39 is 10.0 Å². The lowest BCUT2D eigenvalue weighted by Crippen LogP contribution is -2.49. The van der Waals surface area contributed by atoms with E-state index in [-0.39, 0.29) is 11.7 Å². The first kappa shape index (κ1) is 20.8. The smallest absolute Gasteiger partial charge is 0.251 e. The van der Waals surface area contributed by atoms with Gasteiger partial charge in [0.25, 0.3) is 5.91 Å². The van der Waals surface area contributed by atoms with Crippen LogP contribution >= 0.6 is 15.9 Å². The summed E-state index contributed by atoms with van der Waals surface area (Å²) >= 11 is 3.33. The number of amides is 1. The van der Waals surface area contributed by atoms with E-state index >= 15 is 0 Å². The minimum absolute atomic E-state index is 0.0250. The molecule has 9 heteroatoms. The number of carbonyl (C=O) groups excluding carboxylic acids is 1. The highest BCUT2D eigenvalue weighted by Crippen LogP contribution is 2.15. The van der Waals surface area contributed by atoms with Gasteiger partial charge in [0.1, 0.15) is 5.82 Å². The topological polar surface area (TPSA) is 82.6 Å². The Morgan fingerprint density at radius 2 is 1.79 bits per heavy atom. The molecule has 1 aliphatic rings. The molecule has 1 fully saturated rings. The van der Waals surface area contributed by atoms with Crippen LogP contribution in [-0.2, 0) is 10.0 Å². The van der Waals surface area contributed by atoms with Crippen LogP contribution in [0, 0.1) is 0 Å². The maximum absolute atomic E-state index is 12.6. The highest BCUT2D eigenvalue weighted by molar-refractivity contribution is 9.10. The maximum Gasteiger partial charge on any atom is 0.251 e. The molecule has 1 saturated heterocycles. The van der Waals surface area contributed by atoms with Gasteiger partial charge in [0, 0.05) is 49.0 Å². The number of piperazine rings is 1. The third kappa shape index (κ3) is 5.52. The zero-order valence-electron chi connectivity index (χ0n) is 15.4. The SMILES string of the molecule is O=C(NCCCS(=O)(=O)N1CCN(c2ccccn2)CC1)c1ccc(Br)cc1. The minimum Gasteiger partial charge on any atom is -0.354 e. The lowest BCUT2D eigenvalue weighted by atomic mass is 10.2. The number of benzene rings is 1. The van der Waals surface area contributed by atoms with E-state index in [4.69, 9.17) is 0 Å². The third-order valence-corrected chi connectivity index (χ3v) is 7.06. The first-order valence-electron chi connectivity index (χ1n) is 9.13. The zero-order chi connectivity index (χ0) is 20.0. The monoisotopic (exact) mass is 466 g/mol. The Morgan fingerprint density at radius 1 is 1.07 bits per heavy atom. The average Bonchev–Trinajstić information content (AvgIpc) is 2.72. The molecule has 0 saturated carbocycles. The van der Waals surface area contributed by atoms with Gasteiger partial charge in [-0.1, -0.05) is 22.0 Å². The standard InChI is InChI=1S/C19H23BrN4O3S/c20-17-7-5-16(6-8-17)19(25)22-10-3-15-28(26,27)24-13-11-23(12-14-24)18-4-1-2-9-21-18/h1-2,4-9H,3,10-15H2,(H,22,25). The van der Waals surface area contributed by atoms with Gasteiger partial charge in [-0.3, -0.25) is 4.79 Å². The van der Waals surface area contributed by atoms with Crippen molar-refractivity contribution in [1.82, 2.24) is 14.6 Å². The van der Waals surface area contributed by atoms with Crippen molar-refractivity contribution in [1.29, 1.82) is 0 Å². The van der Waals surface area contributed by atoms with Crippen LogP contribution in [0.2, 0.25) is 0 Å². The van der Waals surface area contributed by atoms with Gasteiger partial charge in [-0.15, -0.1) is 0 Å². The second kappa shape index (κ2) is 9.49. The molecule has 28 heavy (non-hydrogen) atoms. The molecule has 2 aromatic rings. The van der Waals surface area contributed by atoms with Crippen molar-refractivity contribution in [2.45, 2.75) is 6.42 Å². The quantitative estimate of drug-likeness (QED) is 0.631. The van der Waals surface area contributed by atoms with E-state index in [9.17, 15) is 13.2 Å². The van der Waals surface area contributed by atoms with Crippen molar-refractivity contribution in [2.75, 3.05) is 43.4 Å². The molecule has 7 nitrogen and oxygen atoms in total. The Labute approximate surface area is 173 Å². The molecule has 1 aliphatic heterocycles. The van der Waals surface area contributed by atoms with Crippen molar-refractivity contribution >= 4 is 37.7 Å². The zero-order valence-corrected chi connectivity index (χ0v) is 17.8. The molecule has 1 aromatic carbocycles. The Balaban J connectivity index is 1.42. The molecule has 2 heterocycles. The van der Waals surface area contributed by atoms with Crippen molar-refractivity contribution in [3.8, 4) is 0 Å². The number of nitrogens with one attached hydrogen (secondary N) is 1. The minimum atomic E-state index is -3.33. The highest BCUT2D eigenvalue weighted by atomic mass is 79.9. The molecule has 0 unspecified atom stereocenters. The normalized spacial score (nSPS) is 15.4. The number of hydrogen-bond acceptors (Lipinski definition) is 5. The molecule has 1 amide bonds. The molecule has 0 spiro atoms. The van der Waals surface area contributed by atoms with Crippen LogP contribution in [0.25, 0.3) is 0 Å². The van der Waals surface area contributed by atoms with E-state index in [0.29, 0.717) is 44.7 Å². The number of pyridine rings is 1. The maximum atomic E-state index is 12.6. The fraction of sp³-hybridized carbons (Fsp3) is 0.368. The number of hydrogen-bond donors (Lipinski definition) is 1. The van der Waals surface area contributed by atoms with Crippen molar-refractivity contribution in [3.05, 3.63) is 58.7 Å². The fourth-order valence-electron chi connectivity index (χ4n) is 3.03. The van der Waals surface area contributed by atoms with Crippen LogP contribution in [0.3, 0.4) is 0 Å². The summed E-state index contributed by atoms with van der Waals surface area (Å²) < 4.78 is 27.5. The van der Waals surface area contributed by atoms with E-state index in [1.54, 1.807) is 30.5 Å². The lowest BCUT2D eigenvalue weighted by Gasteiger charge is -2.34. The summed E-state index contributed by atoms with van der Waals surface area (Å²) in [7, 11) is -3.33. The summed E-state index contributed by atoms with van der Waals surface area (Å²) in [6, 6.07) is 12.7. The Kier molecular flexibility index (Phi) is 7.03. The van der Waals surface area contributed by atoms with Crippen LogP contribution in [0.4, 0.5) is 5.82 Å². The lowest BCUT2D eigenvalue weighted by molar-refractivity contribution is 0.0953. The van der Waals surface area contributed by atoms with Gasteiger partial charge in [-0.05, 0) is 42.8 Å². The van der Waals surface area contributed by atoms with Crippen LogP contribution in [0.5, 0.6) is 0 Å². The number of sulfonamides is 1. The summed E-state index contributed by atoms with van der Waals surface area (Å²) in [5.74, 6) is 0.695. The van der Waals surface area contributed by atoms with Crippen LogP contribution in [0.1, 0.15) is 16.8 Å². The van der Waals surface area contributed by atoms with Crippen molar-refractivity contribution in [2.24, 2.45) is 0 Å².